The van der Waals surface area contributed by atoms with Crippen LogP contribution in [0.15, 0.2) is 18.2 Å². The molecule has 2 aliphatic rings. The summed E-state index contributed by atoms with van der Waals surface area (Å²) in [6, 6.07) is 5.87. The first kappa shape index (κ1) is 14.9. The third-order valence-corrected chi connectivity index (χ3v) is 4.46. The lowest BCUT2D eigenvalue weighted by Crippen LogP contribution is -2.44. The third-order valence-electron chi connectivity index (χ3n) is 4.46. The minimum atomic E-state index is 0.0513. The molecular weight excluding hydrogens is 280 g/mol. The number of benzene rings is 1. The molecule has 1 aromatic carbocycles. The van der Waals surface area contributed by atoms with Crippen molar-refractivity contribution < 1.29 is 14.3 Å². The fourth-order valence-electron chi connectivity index (χ4n) is 3.15. The van der Waals surface area contributed by atoms with E-state index in [9.17, 15) is 9.59 Å². The highest BCUT2D eigenvalue weighted by Crippen LogP contribution is 2.27. The van der Waals surface area contributed by atoms with E-state index in [1.807, 2.05) is 17.0 Å². The van der Waals surface area contributed by atoms with Gasteiger partial charge in [0.25, 0.3) is 5.91 Å². The van der Waals surface area contributed by atoms with Gasteiger partial charge < -0.3 is 15.0 Å². The maximum Gasteiger partial charge on any atom is 0.260 e. The maximum atomic E-state index is 12.3. The molecule has 1 atom stereocenters. The van der Waals surface area contributed by atoms with Crippen molar-refractivity contribution in [2.45, 2.75) is 45.1 Å². The monoisotopic (exact) mass is 302 g/mol. The van der Waals surface area contributed by atoms with E-state index in [0.29, 0.717) is 18.2 Å². The van der Waals surface area contributed by atoms with Crippen molar-refractivity contribution in [3.63, 3.8) is 0 Å². The predicted molar refractivity (Wildman–Crippen MR) is 83.9 cm³/mol. The van der Waals surface area contributed by atoms with Gasteiger partial charge in [-0.3, -0.25) is 9.59 Å². The molecule has 5 heteroatoms. The zero-order valence-electron chi connectivity index (χ0n) is 12.9. The molecule has 118 valence electrons. The van der Waals surface area contributed by atoms with Crippen molar-refractivity contribution >= 4 is 17.5 Å². The van der Waals surface area contributed by atoms with Crippen LogP contribution >= 0.6 is 0 Å². The molecule has 0 radical (unpaired) electrons. The Morgan fingerprint density at radius 3 is 3.05 bits per heavy atom. The van der Waals surface area contributed by atoms with Crippen molar-refractivity contribution in [3.8, 4) is 5.75 Å². The predicted octanol–water partition coefficient (Wildman–Crippen LogP) is 2.35. The van der Waals surface area contributed by atoms with Crippen LogP contribution in [0.2, 0.25) is 0 Å². The number of anilines is 1. The smallest absolute Gasteiger partial charge is 0.260 e. The Morgan fingerprint density at radius 1 is 1.36 bits per heavy atom. The van der Waals surface area contributed by atoms with Crippen LogP contribution in [0.25, 0.3) is 0 Å². The van der Waals surface area contributed by atoms with Crippen molar-refractivity contribution in [2.75, 3.05) is 18.5 Å². The number of fused-ring (bicyclic) bond motifs is 1. The van der Waals surface area contributed by atoms with Crippen LogP contribution in [-0.2, 0) is 16.0 Å². The first-order chi connectivity index (χ1) is 10.6. The molecule has 1 saturated heterocycles. The number of ether oxygens (including phenoxy) is 1. The van der Waals surface area contributed by atoms with Crippen molar-refractivity contribution in [1.82, 2.24) is 4.90 Å². The number of carbonyl (C=O) groups excluding carboxylic acids is 2. The SMILES string of the molecule is C[C@H]1CCCCN1C(=O)COc1ccc2c(c1)CCC(=O)N2. The van der Waals surface area contributed by atoms with Gasteiger partial charge in [0, 0.05) is 24.7 Å². The number of rotatable bonds is 3. The Morgan fingerprint density at radius 2 is 2.23 bits per heavy atom. The Hall–Kier alpha value is -2.04. The summed E-state index contributed by atoms with van der Waals surface area (Å²) in [4.78, 5) is 25.5. The van der Waals surface area contributed by atoms with Crippen LogP contribution in [0.3, 0.4) is 0 Å². The highest BCUT2D eigenvalue weighted by molar-refractivity contribution is 5.94. The quantitative estimate of drug-likeness (QED) is 0.932. The molecule has 2 heterocycles. The molecule has 5 nitrogen and oxygen atoms in total. The maximum absolute atomic E-state index is 12.3. The van der Waals surface area contributed by atoms with Gasteiger partial charge in [-0.2, -0.15) is 0 Å². The van der Waals surface area contributed by atoms with Gasteiger partial charge in [-0.15, -0.1) is 0 Å². The summed E-state index contributed by atoms with van der Waals surface area (Å²) in [6.45, 7) is 3.01. The van der Waals surface area contributed by atoms with Gasteiger partial charge in [0.15, 0.2) is 6.61 Å². The average molecular weight is 302 g/mol. The van der Waals surface area contributed by atoms with Crippen molar-refractivity contribution in [1.29, 1.82) is 0 Å². The number of likely N-dealkylation sites (tertiary alicyclic amines) is 1. The zero-order valence-corrected chi connectivity index (χ0v) is 12.9. The van der Waals surface area contributed by atoms with E-state index in [4.69, 9.17) is 4.74 Å². The van der Waals surface area contributed by atoms with Crippen LogP contribution in [0.4, 0.5) is 5.69 Å². The standard InChI is InChI=1S/C17H22N2O3/c1-12-4-2-3-9-19(12)17(21)11-22-14-6-7-15-13(10-14)5-8-16(20)18-15/h6-7,10,12H,2-5,8-9,11H2,1H3,(H,18,20)/t12-/m0/s1. The summed E-state index contributed by atoms with van der Waals surface area (Å²) in [7, 11) is 0. The molecule has 1 N–H and O–H groups in total. The van der Waals surface area contributed by atoms with Crippen LogP contribution in [-0.4, -0.2) is 35.9 Å². The lowest BCUT2D eigenvalue weighted by molar-refractivity contribution is -0.136. The van der Waals surface area contributed by atoms with E-state index < -0.39 is 0 Å². The second-order valence-corrected chi connectivity index (χ2v) is 6.09. The largest absolute Gasteiger partial charge is 0.484 e. The van der Waals surface area contributed by atoms with Crippen LogP contribution in [0, 0.1) is 0 Å². The highest BCUT2D eigenvalue weighted by atomic mass is 16.5. The molecule has 1 fully saturated rings. The van der Waals surface area contributed by atoms with Crippen LogP contribution in [0.5, 0.6) is 5.75 Å². The summed E-state index contributed by atoms with van der Waals surface area (Å²) in [5.41, 5.74) is 1.91. The van der Waals surface area contributed by atoms with Gasteiger partial charge in [0.05, 0.1) is 0 Å². The second kappa shape index (κ2) is 6.38. The number of nitrogens with zero attached hydrogens (tertiary/aromatic N) is 1. The highest BCUT2D eigenvalue weighted by Gasteiger charge is 2.23. The molecule has 3 rings (SSSR count). The molecular formula is C17H22N2O3. The molecule has 0 saturated carbocycles. The van der Waals surface area contributed by atoms with E-state index in [0.717, 1.165) is 37.1 Å². The number of piperidine rings is 1. The minimum absolute atomic E-state index is 0.0513. The van der Waals surface area contributed by atoms with E-state index in [2.05, 4.69) is 12.2 Å². The summed E-state index contributed by atoms with van der Waals surface area (Å²) in [5, 5.41) is 2.84. The first-order valence-corrected chi connectivity index (χ1v) is 7.98. The Labute approximate surface area is 130 Å². The molecule has 0 spiro atoms. The van der Waals surface area contributed by atoms with Crippen LogP contribution < -0.4 is 10.1 Å². The summed E-state index contributed by atoms with van der Waals surface area (Å²) < 4.78 is 5.66. The number of carbonyl (C=O) groups is 2. The molecule has 0 unspecified atom stereocenters. The molecule has 0 bridgehead atoms. The molecule has 22 heavy (non-hydrogen) atoms. The summed E-state index contributed by atoms with van der Waals surface area (Å²) >= 11 is 0. The second-order valence-electron chi connectivity index (χ2n) is 6.09. The van der Waals surface area contributed by atoms with Crippen molar-refractivity contribution in [3.05, 3.63) is 23.8 Å². The van der Waals surface area contributed by atoms with Gasteiger partial charge in [-0.25, -0.2) is 0 Å². The fraction of sp³-hybridized carbons (Fsp3) is 0.529. The topological polar surface area (TPSA) is 58.6 Å². The zero-order chi connectivity index (χ0) is 15.5. The summed E-state index contributed by atoms with van der Waals surface area (Å²) in [5.74, 6) is 0.793. The van der Waals surface area contributed by atoms with Gasteiger partial charge in [0.2, 0.25) is 5.91 Å². The number of nitrogens with one attached hydrogen (secondary N) is 1. The molecule has 0 aromatic heterocycles. The number of hydrogen-bond donors (Lipinski definition) is 1. The van der Waals surface area contributed by atoms with Crippen molar-refractivity contribution in [2.24, 2.45) is 0 Å². The van der Waals surface area contributed by atoms with E-state index >= 15 is 0 Å². The Balaban J connectivity index is 1.59. The third kappa shape index (κ3) is 3.24. The molecule has 1 aromatic rings. The molecule has 0 aliphatic carbocycles. The van der Waals surface area contributed by atoms with Gasteiger partial charge in [-0.05, 0) is 56.4 Å². The fourth-order valence-corrected chi connectivity index (χ4v) is 3.15. The lowest BCUT2D eigenvalue weighted by Gasteiger charge is -2.33. The Bertz CT molecular complexity index is 585. The minimum Gasteiger partial charge on any atom is -0.484 e. The lowest BCUT2D eigenvalue weighted by atomic mass is 10.0. The summed E-state index contributed by atoms with van der Waals surface area (Å²) in [6.07, 6.45) is 4.57. The van der Waals surface area contributed by atoms with E-state index in [-0.39, 0.29) is 18.4 Å². The van der Waals surface area contributed by atoms with E-state index in [1.165, 1.54) is 6.42 Å². The first-order valence-electron chi connectivity index (χ1n) is 7.98. The molecule has 2 amide bonds. The number of hydrogen-bond acceptors (Lipinski definition) is 3. The van der Waals surface area contributed by atoms with Gasteiger partial charge in [-0.1, -0.05) is 0 Å². The number of amides is 2. The Kier molecular flexibility index (Phi) is 4.32. The van der Waals surface area contributed by atoms with Gasteiger partial charge >= 0.3 is 0 Å². The van der Waals surface area contributed by atoms with Crippen LogP contribution in [0.1, 0.15) is 38.2 Å². The average Bonchev–Trinajstić information content (AvgIpc) is 2.53. The number of aryl methyl sites for hydroxylation is 1. The van der Waals surface area contributed by atoms with Gasteiger partial charge in [0.1, 0.15) is 5.75 Å². The normalized spacial score (nSPS) is 21.0. The van der Waals surface area contributed by atoms with E-state index in [1.54, 1.807) is 6.07 Å². The molecule has 2 aliphatic heterocycles.